The van der Waals surface area contributed by atoms with Crippen molar-refractivity contribution >= 4 is 28.6 Å². The third-order valence-corrected chi connectivity index (χ3v) is 6.81. The fraction of sp³-hybridized carbons (Fsp3) is 0.310. The molecule has 4 aromatic rings. The van der Waals surface area contributed by atoms with Crippen LogP contribution in [-0.2, 0) is 0 Å². The highest BCUT2D eigenvalue weighted by Gasteiger charge is 2.13. The minimum absolute atomic E-state index is 0.0784. The minimum Gasteiger partial charge on any atom is -0.351 e. The van der Waals surface area contributed by atoms with E-state index in [2.05, 4.69) is 69.9 Å². The molecule has 7 heteroatoms. The molecule has 1 fully saturated rings. The van der Waals surface area contributed by atoms with Crippen LogP contribution < -0.4 is 10.6 Å². The summed E-state index contributed by atoms with van der Waals surface area (Å²) in [5.74, 6) is 0.322. The van der Waals surface area contributed by atoms with Crippen molar-refractivity contribution < 1.29 is 4.79 Å². The highest BCUT2D eigenvalue weighted by molar-refractivity contribution is 5.95. The van der Waals surface area contributed by atoms with E-state index < -0.39 is 0 Å². The lowest BCUT2D eigenvalue weighted by Crippen LogP contribution is -2.33. The maximum absolute atomic E-state index is 12.6. The number of rotatable bonds is 7. The molecule has 1 aromatic heterocycles. The molecule has 0 unspecified atom stereocenters. The summed E-state index contributed by atoms with van der Waals surface area (Å²) in [5, 5.41) is 15.0. The molecule has 0 atom stereocenters. The van der Waals surface area contributed by atoms with Crippen molar-refractivity contribution in [2.75, 3.05) is 31.5 Å². The Bertz CT molecular complexity index is 1390. The van der Waals surface area contributed by atoms with E-state index in [1.54, 1.807) is 0 Å². The van der Waals surface area contributed by atoms with Crippen LogP contribution in [0.3, 0.4) is 0 Å². The summed E-state index contributed by atoms with van der Waals surface area (Å²) < 4.78 is 0. The highest BCUT2D eigenvalue weighted by Crippen LogP contribution is 2.31. The topological polar surface area (TPSA) is 83.0 Å². The van der Waals surface area contributed by atoms with Crippen LogP contribution in [0.25, 0.3) is 22.2 Å². The smallest absolute Gasteiger partial charge is 0.251 e. The summed E-state index contributed by atoms with van der Waals surface area (Å²) in [5.41, 5.74) is 8.74. The van der Waals surface area contributed by atoms with Gasteiger partial charge in [-0.3, -0.25) is 4.79 Å². The second-order valence-corrected chi connectivity index (χ2v) is 9.57. The summed E-state index contributed by atoms with van der Waals surface area (Å²) in [6.45, 7) is 10.1. The summed E-state index contributed by atoms with van der Waals surface area (Å²) in [7, 11) is 0. The van der Waals surface area contributed by atoms with E-state index in [1.807, 2.05) is 31.2 Å². The fourth-order valence-corrected chi connectivity index (χ4v) is 4.98. The lowest BCUT2D eigenvalue weighted by molar-refractivity contribution is 0.0950. The van der Waals surface area contributed by atoms with Crippen LogP contribution in [0.2, 0.25) is 0 Å². The molecule has 2 N–H and O–H groups in total. The van der Waals surface area contributed by atoms with Gasteiger partial charge in [-0.05, 0) is 105 Å². The first-order chi connectivity index (χ1) is 17.5. The molecule has 5 rings (SSSR count). The van der Waals surface area contributed by atoms with Gasteiger partial charge in [0.15, 0.2) is 0 Å². The average Bonchev–Trinajstić information content (AvgIpc) is 3.38. The molecule has 7 nitrogen and oxygen atoms in total. The Morgan fingerprint density at radius 2 is 1.67 bits per heavy atom. The summed E-state index contributed by atoms with van der Waals surface area (Å²) in [6, 6.07) is 17.9. The number of likely N-dealkylation sites (tertiary alicyclic amines) is 1. The number of nitrogens with zero attached hydrogens (tertiary/aromatic N) is 4. The van der Waals surface area contributed by atoms with Gasteiger partial charge in [-0.15, -0.1) is 10.2 Å². The second-order valence-electron chi connectivity index (χ2n) is 9.57. The van der Waals surface area contributed by atoms with Crippen LogP contribution in [0.5, 0.6) is 0 Å². The van der Waals surface area contributed by atoms with Gasteiger partial charge in [0, 0.05) is 24.3 Å². The lowest BCUT2D eigenvalue weighted by Gasteiger charge is -2.15. The molecule has 1 aliphatic heterocycles. The van der Waals surface area contributed by atoms with Gasteiger partial charge in [-0.1, -0.05) is 24.3 Å². The number of aryl methyl sites for hydroxylation is 3. The fourth-order valence-electron chi connectivity index (χ4n) is 4.98. The number of hydrogen-bond donors (Lipinski definition) is 2. The van der Waals surface area contributed by atoms with Crippen LogP contribution in [-0.4, -0.2) is 52.2 Å². The molecule has 0 saturated carbocycles. The van der Waals surface area contributed by atoms with Gasteiger partial charge < -0.3 is 15.5 Å². The number of fused-ring (bicyclic) bond motifs is 1. The number of benzene rings is 3. The molecule has 184 valence electrons. The third-order valence-electron chi connectivity index (χ3n) is 6.81. The molecule has 1 aliphatic rings. The number of nitrogens with one attached hydrogen (secondary N) is 2. The number of hydrogen-bond acceptors (Lipinski definition) is 6. The number of anilines is 2. The van der Waals surface area contributed by atoms with Gasteiger partial charge in [0.1, 0.15) is 5.52 Å². The van der Waals surface area contributed by atoms with Crippen molar-refractivity contribution in [2.45, 2.75) is 33.6 Å². The Morgan fingerprint density at radius 1 is 0.917 bits per heavy atom. The van der Waals surface area contributed by atoms with Crippen molar-refractivity contribution in [3.8, 4) is 11.1 Å². The Hall–Kier alpha value is -3.84. The molecular weight excluding hydrogens is 448 g/mol. The van der Waals surface area contributed by atoms with E-state index in [-0.39, 0.29) is 5.91 Å². The first-order valence-electron chi connectivity index (χ1n) is 12.6. The quantitative estimate of drug-likeness (QED) is 0.379. The van der Waals surface area contributed by atoms with E-state index >= 15 is 0 Å². The van der Waals surface area contributed by atoms with Crippen LogP contribution in [0.15, 0.2) is 54.6 Å². The molecular formula is C29H32N6O. The molecule has 1 saturated heterocycles. The SMILES string of the molecule is Cc1cccc(C)c1-c1cc(C)c2nc(Nc3cccc(C(=O)NCCN4CCCC4)c3)nnc2c1. The van der Waals surface area contributed by atoms with Crippen LogP contribution in [0, 0.1) is 20.8 Å². The molecule has 0 spiro atoms. The number of carbonyl (C=O) groups excluding carboxylic acids is 1. The summed E-state index contributed by atoms with van der Waals surface area (Å²) in [6.07, 6.45) is 2.50. The minimum atomic E-state index is -0.0784. The largest absolute Gasteiger partial charge is 0.351 e. The average molecular weight is 481 g/mol. The molecule has 3 aromatic carbocycles. The van der Waals surface area contributed by atoms with Crippen molar-refractivity contribution in [1.82, 2.24) is 25.4 Å². The van der Waals surface area contributed by atoms with Gasteiger partial charge in [-0.2, -0.15) is 0 Å². The molecule has 1 amide bonds. The third kappa shape index (κ3) is 5.21. The second kappa shape index (κ2) is 10.4. The van der Waals surface area contributed by atoms with Crippen molar-refractivity contribution in [1.29, 1.82) is 0 Å². The Kier molecular flexibility index (Phi) is 6.91. The van der Waals surface area contributed by atoms with Gasteiger partial charge in [-0.25, -0.2) is 4.98 Å². The lowest BCUT2D eigenvalue weighted by atomic mass is 9.94. The van der Waals surface area contributed by atoms with Crippen molar-refractivity contribution in [3.05, 3.63) is 76.9 Å². The van der Waals surface area contributed by atoms with Gasteiger partial charge in [0.25, 0.3) is 5.91 Å². The zero-order valence-electron chi connectivity index (χ0n) is 21.1. The predicted molar refractivity (Wildman–Crippen MR) is 145 cm³/mol. The summed E-state index contributed by atoms with van der Waals surface area (Å²) in [4.78, 5) is 19.7. The van der Waals surface area contributed by atoms with Gasteiger partial charge >= 0.3 is 0 Å². The molecule has 0 bridgehead atoms. The number of aromatic nitrogens is 3. The van der Waals surface area contributed by atoms with Crippen molar-refractivity contribution in [2.24, 2.45) is 0 Å². The van der Waals surface area contributed by atoms with E-state index in [9.17, 15) is 4.79 Å². The van der Waals surface area contributed by atoms with E-state index in [0.29, 0.717) is 18.1 Å². The highest BCUT2D eigenvalue weighted by atomic mass is 16.1. The van der Waals surface area contributed by atoms with Gasteiger partial charge in [0.05, 0.1) is 5.52 Å². The number of carbonyl (C=O) groups is 1. The maximum Gasteiger partial charge on any atom is 0.251 e. The normalized spacial score (nSPS) is 13.8. The number of amides is 1. The Labute approximate surface area is 212 Å². The summed E-state index contributed by atoms with van der Waals surface area (Å²) >= 11 is 0. The monoisotopic (exact) mass is 480 g/mol. The standard InChI is InChI=1S/C29H32N6O/c1-19-8-6-9-20(2)26(19)23-16-21(3)27-25(18-23)33-34-29(32-27)31-24-11-7-10-22(17-24)28(36)30-12-15-35-13-4-5-14-35/h6-11,16-18H,4-5,12-15H2,1-3H3,(H,30,36)(H,31,32,34). The van der Waals surface area contributed by atoms with E-state index in [4.69, 9.17) is 4.98 Å². The molecule has 2 heterocycles. The molecule has 0 radical (unpaired) electrons. The van der Waals surface area contributed by atoms with Crippen LogP contribution in [0.4, 0.5) is 11.6 Å². The first-order valence-corrected chi connectivity index (χ1v) is 12.6. The molecule has 36 heavy (non-hydrogen) atoms. The first kappa shape index (κ1) is 23.9. The Balaban J connectivity index is 1.32. The molecule has 0 aliphatic carbocycles. The predicted octanol–water partition coefficient (Wildman–Crippen LogP) is 5.19. The van der Waals surface area contributed by atoms with E-state index in [0.717, 1.165) is 47.5 Å². The Morgan fingerprint density at radius 3 is 2.44 bits per heavy atom. The maximum atomic E-state index is 12.6. The van der Waals surface area contributed by atoms with Crippen LogP contribution in [0.1, 0.15) is 39.9 Å². The van der Waals surface area contributed by atoms with Crippen LogP contribution >= 0.6 is 0 Å². The zero-order valence-corrected chi connectivity index (χ0v) is 21.1. The van der Waals surface area contributed by atoms with Gasteiger partial charge in [0.2, 0.25) is 5.95 Å². The van der Waals surface area contributed by atoms with E-state index in [1.165, 1.54) is 29.5 Å². The van der Waals surface area contributed by atoms with Crippen molar-refractivity contribution in [3.63, 3.8) is 0 Å². The zero-order chi connectivity index (χ0) is 25.1.